The van der Waals surface area contributed by atoms with E-state index in [1.54, 1.807) is 0 Å². The van der Waals surface area contributed by atoms with Crippen molar-refractivity contribution in [3.05, 3.63) is 36.5 Å². The molecule has 0 aliphatic rings. The Labute approximate surface area is 403 Å². The standard InChI is InChI=1S/C54H99O11P/c1-4-7-10-13-16-19-21-23-24-25-26-28-30-33-36-39-42-45-54(58)65-51(47-61-52(56)43-40-37-34-31-18-15-12-9-6-3)49-63-66(59,60)62-48-50(46-55)64-53(57)44-41-38-35-32-29-27-22-20-17-14-11-8-5-2/h11,14,20,22-24,50-51,55H,4-10,12-13,15-19,21,25-49H2,1-3H3,(H,59,60)/b14-11-,22-20-,24-23-. The first-order chi connectivity index (χ1) is 32.2. The van der Waals surface area contributed by atoms with Gasteiger partial charge in [0.25, 0.3) is 0 Å². The molecule has 0 rings (SSSR count). The lowest BCUT2D eigenvalue weighted by atomic mass is 10.1. The predicted molar refractivity (Wildman–Crippen MR) is 270 cm³/mol. The zero-order chi connectivity index (χ0) is 48.4. The molecule has 3 unspecified atom stereocenters. The maximum Gasteiger partial charge on any atom is 0.472 e. The fourth-order valence-electron chi connectivity index (χ4n) is 7.39. The monoisotopic (exact) mass is 955 g/mol. The average molecular weight is 955 g/mol. The number of carbonyl (C=O) groups is 3. The van der Waals surface area contributed by atoms with Crippen molar-refractivity contribution in [3.8, 4) is 0 Å². The van der Waals surface area contributed by atoms with Crippen molar-refractivity contribution in [2.45, 2.75) is 264 Å². The van der Waals surface area contributed by atoms with Gasteiger partial charge in [0.2, 0.25) is 0 Å². The molecule has 66 heavy (non-hydrogen) atoms. The van der Waals surface area contributed by atoms with Crippen molar-refractivity contribution in [2.75, 3.05) is 26.4 Å². The van der Waals surface area contributed by atoms with Crippen molar-refractivity contribution in [1.29, 1.82) is 0 Å². The van der Waals surface area contributed by atoms with E-state index in [4.69, 9.17) is 23.3 Å². The summed E-state index contributed by atoms with van der Waals surface area (Å²) in [4.78, 5) is 48.3. The number of hydrogen-bond acceptors (Lipinski definition) is 10. The summed E-state index contributed by atoms with van der Waals surface area (Å²) in [7, 11) is -4.74. The number of esters is 3. The highest BCUT2D eigenvalue weighted by Gasteiger charge is 2.28. The Morgan fingerprint density at radius 3 is 1.20 bits per heavy atom. The number of aliphatic hydroxyl groups excluding tert-OH is 1. The van der Waals surface area contributed by atoms with Crippen molar-refractivity contribution in [1.82, 2.24) is 0 Å². The maximum atomic E-state index is 12.8. The number of allylic oxidation sites excluding steroid dienone is 6. The molecule has 0 bridgehead atoms. The third kappa shape index (κ3) is 46.8. The molecule has 0 aromatic rings. The second kappa shape index (κ2) is 49.1. The summed E-state index contributed by atoms with van der Waals surface area (Å²) in [5, 5.41) is 9.77. The molecule has 11 nitrogen and oxygen atoms in total. The highest BCUT2D eigenvalue weighted by molar-refractivity contribution is 7.47. The Morgan fingerprint density at radius 1 is 0.424 bits per heavy atom. The first kappa shape index (κ1) is 63.7. The molecule has 0 saturated carbocycles. The molecule has 0 spiro atoms. The Balaban J connectivity index is 4.68. The van der Waals surface area contributed by atoms with Crippen molar-refractivity contribution in [2.24, 2.45) is 0 Å². The molecule has 0 amide bonds. The normalized spacial score (nSPS) is 13.7. The second-order valence-electron chi connectivity index (χ2n) is 18.0. The zero-order valence-corrected chi connectivity index (χ0v) is 43.3. The van der Waals surface area contributed by atoms with Gasteiger partial charge in [-0.3, -0.25) is 23.4 Å². The molecule has 3 atom stereocenters. The SMILES string of the molecule is CCC/C=C\C/C=C\CCCCCCCC(=O)OC(CO)COP(=O)(O)OCC(COC(=O)CCCCCCCCCCC)OC(=O)CCCCCCCCC/C=C\CCCCCCCC. The number of aliphatic hydroxyl groups is 1. The van der Waals surface area contributed by atoms with E-state index >= 15 is 0 Å². The second-order valence-corrected chi connectivity index (χ2v) is 19.5. The highest BCUT2D eigenvalue weighted by atomic mass is 31.2. The van der Waals surface area contributed by atoms with Crippen LogP contribution < -0.4 is 0 Å². The van der Waals surface area contributed by atoms with Crippen LogP contribution in [0, 0.1) is 0 Å². The summed E-state index contributed by atoms with van der Waals surface area (Å²) in [5.74, 6) is -1.47. The van der Waals surface area contributed by atoms with E-state index in [0.29, 0.717) is 19.3 Å². The van der Waals surface area contributed by atoms with E-state index in [9.17, 15) is 28.9 Å². The van der Waals surface area contributed by atoms with Gasteiger partial charge in [0, 0.05) is 19.3 Å². The van der Waals surface area contributed by atoms with Gasteiger partial charge >= 0.3 is 25.7 Å². The summed E-state index contributed by atoms with van der Waals surface area (Å²) in [6.07, 6.45) is 48.3. The Kier molecular flexibility index (Phi) is 47.4. The lowest BCUT2D eigenvalue weighted by Crippen LogP contribution is -2.30. The molecule has 0 heterocycles. The van der Waals surface area contributed by atoms with Crippen LogP contribution in [0.1, 0.15) is 252 Å². The molecule has 0 aliphatic carbocycles. The Hall–Kier alpha value is -2.30. The van der Waals surface area contributed by atoms with Crippen LogP contribution in [-0.2, 0) is 42.2 Å². The summed E-state index contributed by atoms with van der Waals surface area (Å²) in [5.41, 5.74) is 0. The summed E-state index contributed by atoms with van der Waals surface area (Å²) in [6.45, 7) is 4.54. The van der Waals surface area contributed by atoms with Crippen LogP contribution in [0.25, 0.3) is 0 Å². The van der Waals surface area contributed by atoms with Crippen LogP contribution in [0.5, 0.6) is 0 Å². The maximum absolute atomic E-state index is 12.8. The third-order valence-electron chi connectivity index (χ3n) is 11.5. The average Bonchev–Trinajstić information content (AvgIpc) is 3.30. The predicted octanol–water partition coefficient (Wildman–Crippen LogP) is 15.3. The third-order valence-corrected chi connectivity index (χ3v) is 12.5. The van der Waals surface area contributed by atoms with Crippen LogP contribution >= 0.6 is 7.82 Å². The fraction of sp³-hybridized carbons (Fsp3) is 0.833. The number of rotatable bonds is 50. The van der Waals surface area contributed by atoms with Gasteiger partial charge in [-0.25, -0.2) is 4.57 Å². The van der Waals surface area contributed by atoms with E-state index in [1.165, 1.54) is 103 Å². The van der Waals surface area contributed by atoms with Gasteiger partial charge in [-0.15, -0.1) is 0 Å². The minimum Gasteiger partial charge on any atom is -0.462 e. The molecule has 0 aromatic carbocycles. The number of phosphoric acid groups is 1. The summed E-state index contributed by atoms with van der Waals surface area (Å²) < 4.78 is 39.3. The first-order valence-corrected chi connectivity index (χ1v) is 28.4. The van der Waals surface area contributed by atoms with Crippen molar-refractivity contribution >= 4 is 25.7 Å². The number of phosphoric ester groups is 1. The quantitative estimate of drug-likeness (QED) is 0.0197. The highest BCUT2D eigenvalue weighted by Crippen LogP contribution is 2.43. The van der Waals surface area contributed by atoms with Gasteiger partial charge in [-0.05, 0) is 70.6 Å². The van der Waals surface area contributed by atoms with Crippen LogP contribution in [0.4, 0.5) is 0 Å². The van der Waals surface area contributed by atoms with Gasteiger partial charge in [-0.2, -0.15) is 0 Å². The molecule has 0 fully saturated rings. The molecule has 386 valence electrons. The molecule has 12 heteroatoms. The molecular formula is C54H99O11P. The minimum absolute atomic E-state index is 0.163. The van der Waals surface area contributed by atoms with E-state index in [0.717, 1.165) is 89.9 Å². The lowest BCUT2D eigenvalue weighted by molar-refractivity contribution is -0.161. The molecule has 0 radical (unpaired) electrons. The lowest BCUT2D eigenvalue weighted by Gasteiger charge is -2.21. The van der Waals surface area contributed by atoms with Crippen molar-refractivity contribution < 1.29 is 52.2 Å². The van der Waals surface area contributed by atoms with Gasteiger partial charge in [0.05, 0.1) is 19.8 Å². The van der Waals surface area contributed by atoms with Gasteiger partial charge in [0.15, 0.2) is 6.10 Å². The largest absolute Gasteiger partial charge is 0.472 e. The van der Waals surface area contributed by atoms with E-state index in [2.05, 4.69) is 57.2 Å². The summed E-state index contributed by atoms with van der Waals surface area (Å²) in [6, 6.07) is 0. The Bertz CT molecular complexity index is 1250. The Morgan fingerprint density at radius 2 is 0.773 bits per heavy atom. The molecule has 2 N–H and O–H groups in total. The first-order valence-electron chi connectivity index (χ1n) is 26.9. The molecule has 0 aromatic heterocycles. The van der Waals surface area contributed by atoms with Gasteiger partial charge < -0.3 is 24.2 Å². The number of ether oxygens (including phenoxy) is 3. The molecule has 0 saturated heterocycles. The smallest absolute Gasteiger partial charge is 0.462 e. The van der Waals surface area contributed by atoms with E-state index in [-0.39, 0.29) is 25.9 Å². The minimum atomic E-state index is -4.74. The van der Waals surface area contributed by atoms with Crippen molar-refractivity contribution in [3.63, 3.8) is 0 Å². The van der Waals surface area contributed by atoms with Crippen LogP contribution in [0.3, 0.4) is 0 Å². The van der Waals surface area contributed by atoms with Crippen LogP contribution in [-0.4, -0.2) is 66.5 Å². The zero-order valence-electron chi connectivity index (χ0n) is 42.4. The van der Waals surface area contributed by atoms with Gasteiger partial charge in [0.1, 0.15) is 12.7 Å². The van der Waals surface area contributed by atoms with E-state index < -0.39 is 57.8 Å². The number of hydrogen-bond donors (Lipinski definition) is 2. The number of unbranched alkanes of at least 4 members (excludes halogenated alkanes) is 27. The van der Waals surface area contributed by atoms with Crippen LogP contribution in [0.2, 0.25) is 0 Å². The van der Waals surface area contributed by atoms with Gasteiger partial charge in [-0.1, -0.05) is 198 Å². The van der Waals surface area contributed by atoms with Crippen LogP contribution in [0.15, 0.2) is 36.5 Å². The summed E-state index contributed by atoms with van der Waals surface area (Å²) >= 11 is 0. The topological polar surface area (TPSA) is 155 Å². The number of carbonyl (C=O) groups excluding carboxylic acids is 3. The van der Waals surface area contributed by atoms with E-state index in [1.807, 2.05) is 0 Å². The fourth-order valence-corrected chi connectivity index (χ4v) is 8.17. The molecular weight excluding hydrogens is 856 g/mol. The molecule has 0 aliphatic heterocycles.